The molecule has 4 rings (SSSR count). The van der Waals surface area contributed by atoms with Crippen LogP contribution < -0.4 is 4.90 Å². The molecule has 7 nitrogen and oxygen atoms in total. The molecule has 3 N–H and O–H groups in total. The minimum atomic E-state index is -2.57. The molecule has 7 heteroatoms. The zero-order valence-electron chi connectivity index (χ0n) is 13.2. The van der Waals surface area contributed by atoms with Crippen LogP contribution in [-0.4, -0.2) is 48.8 Å². The minimum Gasteiger partial charge on any atom is -0.356 e. The smallest absolute Gasteiger partial charge is 0.275 e. The third-order valence-electron chi connectivity index (χ3n) is 4.67. The maximum atomic E-state index is 9.11. The molecule has 0 atom stereocenters. The molecule has 2 aromatic heterocycles. The maximum Gasteiger partial charge on any atom is 0.275 e. The number of imidazole rings is 1. The average molecular weight is 328 g/mol. The van der Waals surface area contributed by atoms with E-state index in [1.807, 2.05) is 40.9 Å². The molecule has 1 aromatic carbocycles. The SMILES string of the molecule is OC(O)(O)CC1CCN(c2ccn3c(n2)nc2ccccc23)CC1. The second-order valence-electron chi connectivity index (χ2n) is 6.47. The van der Waals surface area contributed by atoms with Gasteiger partial charge in [-0.15, -0.1) is 0 Å². The fourth-order valence-electron chi connectivity index (χ4n) is 3.47. The first-order valence-corrected chi connectivity index (χ1v) is 8.15. The first kappa shape index (κ1) is 15.3. The van der Waals surface area contributed by atoms with Gasteiger partial charge in [-0.25, -0.2) is 4.98 Å². The van der Waals surface area contributed by atoms with Crippen LogP contribution >= 0.6 is 0 Å². The summed E-state index contributed by atoms with van der Waals surface area (Å²) in [6.45, 7) is 1.54. The number of hydrogen-bond donors (Lipinski definition) is 3. The number of nitrogens with zero attached hydrogens (tertiary/aromatic N) is 4. The molecule has 0 aliphatic carbocycles. The van der Waals surface area contributed by atoms with Crippen molar-refractivity contribution in [1.82, 2.24) is 14.4 Å². The van der Waals surface area contributed by atoms with Crippen LogP contribution in [0.5, 0.6) is 0 Å². The third kappa shape index (κ3) is 2.93. The molecule has 1 fully saturated rings. The Labute approximate surface area is 138 Å². The van der Waals surface area contributed by atoms with E-state index in [0.29, 0.717) is 5.78 Å². The van der Waals surface area contributed by atoms with Crippen molar-refractivity contribution in [2.45, 2.75) is 25.2 Å². The van der Waals surface area contributed by atoms with Gasteiger partial charge in [0.2, 0.25) is 5.78 Å². The standard InChI is InChI=1S/C17H20N4O3/c22-17(23,24)11-12-5-8-20(9-6-12)15-7-10-21-14-4-2-1-3-13(14)18-16(21)19-15/h1-4,7,10,12,22-24H,5-6,8-9,11H2. The number of rotatable bonds is 3. The van der Waals surface area contributed by atoms with Gasteiger partial charge in [0.25, 0.3) is 5.97 Å². The van der Waals surface area contributed by atoms with Gasteiger partial charge in [-0.2, -0.15) is 4.98 Å². The second-order valence-corrected chi connectivity index (χ2v) is 6.47. The lowest BCUT2D eigenvalue weighted by Crippen LogP contribution is -2.38. The van der Waals surface area contributed by atoms with Gasteiger partial charge in [0.05, 0.1) is 11.0 Å². The van der Waals surface area contributed by atoms with E-state index >= 15 is 0 Å². The van der Waals surface area contributed by atoms with Gasteiger partial charge < -0.3 is 20.2 Å². The highest BCUT2D eigenvalue weighted by atomic mass is 16.7. The van der Waals surface area contributed by atoms with E-state index in [9.17, 15) is 0 Å². The average Bonchev–Trinajstić information content (AvgIpc) is 2.91. The Bertz CT molecular complexity index is 863. The summed E-state index contributed by atoms with van der Waals surface area (Å²) in [6, 6.07) is 9.92. The van der Waals surface area contributed by atoms with Gasteiger partial charge >= 0.3 is 0 Å². The Morgan fingerprint density at radius 3 is 2.54 bits per heavy atom. The van der Waals surface area contributed by atoms with Crippen LogP contribution in [0.2, 0.25) is 0 Å². The van der Waals surface area contributed by atoms with Crippen LogP contribution in [0.4, 0.5) is 5.82 Å². The zero-order valence-corrected chi connectivity index (χ0v) is 13.2. The van der Waals surface area contributed by atoms with Crippen molar-refractivity contribution < 1.29 is 15.3 Å². The molecule has 0 radical (unpaired) electrons. The van der Waals surface area contributed by atoms with Gasteiger partial charge in [0, 0.05) is 25.7 Å². The molecule has 0 unspecified atom stereocenters. The lowest BCUT2D eigenvalue weighted by Gasteiger charge is -2.34. The van der Waals surface area contributed by atoms with Gasteiger partial charge in [-0.1, -0.05) is 12.1 Å². The number of anilines is 1. The van der Waals surface area contributed by atoms with Gasteiger partial charge in [0.15, 0.2) is 0 Å². The summed E-state index contributed by atoms with van der Waals surface area (Å²) >= 11 is 0. The largest absolute Gasteiger partial charge is 0.356 e. The number of para-hydroxylation sites is 2. The molecule has 1 aliphatic heterocycles. The molecular formula is C17H20N4O3. The molecule has 3 heterocycles. The van der Waals surface area contributed by atoms with Gasteiger partial charge in [-0.3, -0.25) is 4.40 Å². The molecule has 1 saturated heterocycles. The van der Waals surface area contributed by atoms with Gasteiger partial charge in [-0.05, 0) is 37.0 Å². The van der Waals surface area contributed by atoms with Crippen LogP contribution in [0.15, 0.2) is 36.5 Å². The number of benzene rings is 1. The second kappa shape index (κ2) is 5.70. The van der Waals surface area contributed by atoms with Crippen LogP contribution in [0.3, 0.4) is 0 Å². The summed E-state index contributed by atoms with van der Waals surface area (Å²) in [6.07, 6.45) is 3.54. The van der Waals surface area contributed by atoms with Crippen LogP contribution in [0, 0.1) is 5.92 Å². The summed E-state index contributed by atoms with van der Waals surface area (Å²) in [5.41, 5.74) is 1.96. The van der Waals surface area contributed by atoms with Crippen molar-refractivity contribution in [1.29, 1.82) is 0 Å². The van der Waals surface area contributed by atoms with Crippen molar-refractivity contribution in [2.75, 3.05) is 18.0 Å². The molecule has 0 saturated carbocycles. The van der Waals surface area contributed by atoms with Gasteiger partial charge in [0.1, 0.15) is 5.82 Å². The normalized spacial score (nSPS) is 17.0. The van der Waals surface area contributed by atoms with Crippen LogP contribution in [0.1, 0.15) is 19.3 Å². The van der Waals surface area contributed by atoms with E-state index in [1.165, 1.54) is 0 Å². The highest BCUT2D eigenvalue weighted by molar-refractivity contribution is 5.79. The number of hydrogen-bond acceptors (Lipinski definition) is 6. The number of fused-ring (bicyclic) bond motifs is 3. The van der Waals surface area contributed by atoms with E-state index in [2.05, 4.69) is 14.9 Å². The molecule has 126 valence electrons. The van der Waals surface area contributed by atoms with E-state index in [4.69, 9.17) is 15.3 Å². The third-order valence-corrected chi connectivity index (χ3v) is 4.67. The van der Waals surface area contributed by atoms with E-state index < -0.39 is 5.97 Å². The summed E-state index contributed by atoms with van der Waals surface area (Å²) in [4.78, 5) is 11.4. The van der Waals surface area contributed by atoms with Crippen LogP contribution in [0.25, 0.3) is 16.8 Å². The highest BCUT2D eigenvalue weighted by Crippen LogP contribution is 2.27. The van der Waals surface area contributed by atoms with Crippen molar-refractivity contribution in [3.63, 3.8) is 0 Å². The molecule has 24 heavy (non-hydrogen) atoms. The van der Waals surface area contributed by atoms with Crippen LogP contribution in [-0.2, 0) is 0 Å². The molecule has 0 amide bonds. The fourth-order valence-corrected chi connectivity index (χ4v) is 3.47. The predicted octanol–water partition coefficient (Wildman–Crippen LogP) is 1.12. The van der Waals surface area contributed by atoms with Crippen molar-refractivity contribution in [3.8, 4) is 0 Å². The Hall–Kier alpha value is -2.22. The number of aromatic nitrogens is 3. The Morgan fingerprint density at radius 1 is 1.04 bits per heavy atom. The fraction of sp³-hybridized carbons (Fsp3) is 0.412. The lowest BCUT2D eigenvalue weighted by molar-refractivity contribution is -0.320. The summed E-state index contributed by atoms with van der Waals surface area (Å²) in [5, 5.41) is 27.3. The maximum absolute atomic E-state index is 9.11. The topological polar surface area (TPSA) is 94.1 Å². The van der Waals surface area contributed by atoms with Crippen molar-refractivity contribution in [3.05, 3.63) is 36.5 Å². The highest BCUT2D eigenvalue weighted by Gasteiger charge is 2.28. The number of piperidine rings is 1. The minimum absolute atomic E-state index is 0.0149. The van der Waals surface area contributed by atoms with E-state index in [-0.39, 0.29) is 12.3 Å². The van der Waals surface area contributed by atoms with E-state index in [0.717, 1.165) is 42.8 Å². The molecule has 3 aromatic rings. The number of aliphatic hydroxyl groups is 3. The van der Waals surface area contributed by atoms with Crippen molar-refractivity contribution >= 4 is 22.6 Å². The first-order valence-electron chi connectivity index (χ1n) is 8.15. The summed E-state index contributed by atoms with van der Waals surface area (Å²) < 4.78 is 1.98. The molecule has 1 aliphatic rings. The summed E-state index contributed by atoms with van der Waals surface area (Å²) in [7, 11) is 0. The predicted molar refractivity (Wildman–Crippen MR) is 89.4 cm³/mol. The van der Waals surface area contributed by atoms with Crippen molar-refractivity contribution in [2.24, 2.45) is 5.92 Å². The molecule has 0 bridgehead atoms. The molecular weight excluding hydrogens is 308 g/mol. The molecule has 0 spiro atoms. The Balaban J connectivity index is 1.54. The quantitative estimate of drug-likeness (QED) is 0.624. The summed E-state index contributed by atoms with van der Waals surface area (Å²) in [5.74, 6) is -0.922. The monoisotopic (exact) mass is 328 g/mol. The van der Waals surface area contributed by atoms with E-state index in [1.54, 1.807) is 0 Å². The zero-order chi connectivity index (χ0) is 16.7. The lowest BCUT2D eigenvalue weighted by atomic mass is 9.92. The Morgan fingerprint density at radius 2 is 1.79 bits per heavy atom. The first-order chi connectivity index (χ1) is 11.5. The Kier molecular flexibility index (Phi) is 3.64.